The zero-order chi connectivity index (χ0) is 14.4. The maximum absolute atomic E-state index is 12.5. The molecule has 3 aliphatic heterocycles. The van der Waals surface area contributed by atoms with Crippen molar-refractivity contribution >= 4 is 30.3 Å². The fourth-order valence-corrected chi connectivity index (χ4v) is 3.99. The Labute approximate surface area is 137 Å². The molecule has 1 aromatic rings. The van der Waals surface area contributed by atoms with E-state index in [-0.39, 0.29) is 30.4 Å². The van der Waals surface area contributed by atoms with Crippen LogP contribution in [0.25, 0.3) is 0 Å². The third-order valence-electron chi connectivity index (χ3n) is 5.23. The second-order valence-corrected chi connectivity index (χ2v) is 6.40. The van der Waals surface area contributed by atoms with Gasteiger partial charge in [0.25, 0.3) is 0 Å². The molecule has 3 unspecified atom stereocenters. The summed E-state index contributed by atoms with van der Waals surface area (Å²) < 4.78 is 5.80. The minimum atomic E-state index is -0.321. The molecule has 0 amide bonds. The molecule has 1 aromatic carbocycles. The minimum Gasteiger partial charge on any atom is -0.462 e. The van der Waals surface area contributed by atoms with Gasteiger partial charge in [0.1, 0.15) is 12.0 Å². The summed E-state index contributed by atoms with van der Waals surface area (Å²) in [6.45, 7) is 0. The SMILES string of the molecule is CN1C2CCC1CC(OC(=O)C1C=Nc3ccccc31)C2.Cl. The predicted octanol–water partition coefficient (Wildman–Crippen LogP) is 3.08. The van der Waals surface area contributed by atoms with Gasteiger partial charge in [0.05, 0.1) is 5.69 Å². The lowest BCUT2D eigenvalue weighted by atomic mass is 9.99. The van der Waals surface area contributed by atoms with E-state index in [0.29, 0.717) is 12.1 Å². The van der Waals surface area contributed by atoms with Gasteiger partial charge in [-0.3, -0.25) is 9.79 Å². The Bertz CT molecular complexity index is 590. The zero-order valence-electron chi connectivity index (χ0n) is 12.6. The number of hydrogen-bond donors (Lipinski definition) is 0. The first-order valence-corrected chi connectivity index (χ1v) is 7.78. The fraction of sp³-hybridized carbons (Fsp3) is 0.529. The Hall–Kier alpha value is -1.39. The van der Waals surface area contributed by atoms with Gasteiger partial charge in [-0.1, -0.05) is 18.2 Å². The van der Waals surface area contributed by atoms with E-state index in [1.807, 2.05) is 24.3 Å². The van der Waals surface area contributed by atoms with Gasteiger partial charge in [0.15, 0.2) is 0 Å². The highest BCUT2D eigenvalue weighted by Crippen LogP contribution is 2.37. The van der Waals surface area contributed by atoms with Gasteiger partial charge >= 0.3 is 5.97 Å². The van der Waals surface area contributed by atoms with Gasteiger partial charge in [-0.15, -0.1) is 12.4 Å². The molecule has 4 nitrogen and oxygen atoms in total. The van der Waals surface area contributed by atoms with Crippen LogP contribution in [0.4, 0.5) is 5.69 Å². The molecular weight excluding hydrogens is 300 g/mol. The maximum Gasteiger partial charge on any atom is 0.319 e. The first-order chi connectivity index (χ1) is 10.2. The first kappa shape index (κ1) is 15.5. The molecule has 0 saturated carbocycles. The molecule has 2 saturated heterocycles. The van der Waals surface area contributed by atoms with E-state index >= 15 is 0 Å². The smallest absolute Gasteiger partial charge is 0.319 e. The van der Waals surface area contributed by atoms with Gasteiger partial charge in [-0.25, -0.2) is 0 Å². The van der Waals surface area contributed by atoms with E-state index < -0.39 is 0 Å². The number of fused-ring (bicyclic) bond motifs is 3. The normalized spacial score (nSPS) is 32.4. The number of carbonyl (C=O) groups is 1. The summed E-state index contributed by atoms with van der Waals surface area (Å²) in [6, 6.07) is 8.97. The van der Waals surface area contributed by atoms with Crippen molar-refractivity contribution in [2.45, 2.75) is 49.8 Å². The van der Waals surface area contributed by atoms with Gasteiger partial charge in [0, 0.05) is 18.3 Å². The van der Waals surface area contributed by atoms with Crippen LogP contribution in [0.5, 0.6) is 0 Å². The fourth-order valence-electron chi connectivity index (χ4n) is 3.99. The Kier molecular flexibility index (Phi) is 4.24. The highest BCUT2D eigenvalue weighted by molar-refractivity contribution is 6.01. The summed E-state index contributed by atoms with van der Waals surface area (Å²) in [5.41, 5.74) is 1.86. The van der Waals surface area contributed by atoms with Crippen molar-refractivity contribution in [3.05, 3.63) is 29.8 Å². The summed E-state index contributed by atoms with van der Waals surface area (Å²) in [5, 5.41) is 0. The highest BCUT2D eigenvalue weighted by atomic mass is 35.5. The summed E-state index contributed by atoms with van der Waals surface area (Å²) in [5.74, 6) is -0.462. The van der Waals surface area contributed by atoms with Crippen molar-refractivity contribution in [3.8, 4) is 0 Å². The molecule has 22 heavy (non-hydrogen) atoms. The van der Waals surface area contributed by atoms with Crippen LogP contribution in [0, 0.1) is 0 Å². The van der Waals surface area contributed by atoms with E-state index in [4.69, 9.17) is 4.74 Å². The van der Waals surface area contributed by atoms with Crippen molar-refractivity contribution in [1.29, 1.82) is 0 Å². The number of piperidine rings is 1. The van der Waals surface area contributed by atoms with E-state index in [0.717, 1.165) is 24.1 Å². The van der Waals surface area contributed by atoms with Crippen molar-refractivity contribution < 1.29 is 9.53 Å². The number of hydrogen-bond acceptors (Lipinski definition) is 4. The molecule has 118 valence electrons. The van der Waals surface area contributed by atoms with Crippen LogP contribution < -0.4 is 0 Å². The minimum absolute atomic E-state index is 0. The van der Waals surface area contributed by atoms with Crippen molar-refractivity contribution in [2.24, 2.45) is 4.99 Å². The quantitative estimate of drug-likeness (QED) is 0.786. The van der Waals surface area contributed by atoms with Crippen LogP contribution in [0.15, 0.2) is 29.3 Å². The standard InChI is InChI=1S/C17H20N2O2.ClH/c1-19-11-6-7-12(19)9-13(8-11)21-17(20)15-10-18-16-5-3-2-4-14(15)16;/h2-5,10-13,15H,6-9H2,1H3;1H. The van der Waals surface area contributed by atoms with Crippen molar-refractivity contribution in [2.75, 3.05) is 7.05 Å². The molecule has 3 heterocycles. The Morgan fingerprint density at radius 1 is 1.23 bits per heavy atom. The maximum atomic E-state index is 12.5. The van der Waals surface area contributed by atoms with Gasteiger partial charge in [0.2, 0.25) is 0 Å². The summed E-state index contributed by atoms with van der Waals surface area (Å²) in [4.78, 5) is 19.2. The van der Waals surface area contributed by atoms with E-state index in [1.54, 1.807) is 6.21 Å². The molecule has 3 aliphatic rings. The average molecular weight is 321 g/mol. The number of aliphatic imine (C=N–C) groups is 1. The van der Waals surface area contributed by atoms with Crippen molar-refractivity contribution in [1.82, 2.24) is 4.90 Å². The molecule has 3 atom stereocenters. The number of carbonyl (C=O) groups excluding carboxylic acids is 1. The number of halogens is 1. The summed E-state index contributed by atoms with van der Waals surface area (Å²) in [7, 11) is 2.19. The second kappa shape index (κ2) is 6.01. The lowest BCUT2D eigenvalue weighted by Crippen LogP contribution is -2.43. The van der Waals surface area contributed by atoms with E-state index in [2.05, 4.69) is 16.9 Å². The topological polar surface area (TPSA) is 41.9 Å². The highest BCUT2D eigenvalue weighted by Gasteiger charge is 2.40. The van der Waals surface area contributed by atoms with E-state index in [1.165, 1.54) is 12.8 Å². The molecular formula is C17H21ClN2O2. The molecule has 5 heteroatoms. The Balaban J connectivity index is 0.00000144. The molecule has 4 rings (SSSR count). The Morgan fingerprint density at radius 3 is 2.64 bits per heavy atom. The predicted molar refractivity (Wildman–Crippen MR) is 88.3 cm³/mol. The number of ether oxygens (including phenoxy) is 1. The van der Waals surface area contributed by atoms with Crippen LogP contribution in [-0.4, -0.2) is 42.3 Å². The third kappa shape index (κ3) is 2.55. The molecule has 2 fully saturated rings. The Morgan fingerprint density at radius 2 is 1.91 bits per heavy atom. The van der Waals surface area contributed by atoms with Crippen LogP contribution in [0.1, 0.15) is 37.2 Å². The molecule has 0 radical (unpaired) electrons. The van der Waals surface area contributed by atoms with Crippen LogP contribution in [0.2, 0.25) is 0 Å². The van der Waals surface area contributed by atoms with Crippen molar-refractivity contribution in [3.63, 3.8) is 0 Å². The summed E-state index contributed by atoms with van der Waals surface area (Å²) >= 11 is 0. The van der Waals surface area contributed by atoms with Gasteiger partial charge < -0.3 is 9.64 Å². The van der Waals surface area contributed by atoms with Crippen LogP contribution >= 0.6 is 12.4 Å². The molecule has 0 spiro atoms. The first-order valence-electron chi connectivity index (χ1n) is 7.78. The number of para-hydroxylation sites is 1. The van der Waals surface area contributed by atoms with Crippen LogP contribution in [-0.2, 0) is 9.53 Å². The van der Waals surface area contributed by atoms with Gasteiger partial charge in [-0.2, -0.15) is 0 Å². The molecule has 2 bridgehead atoms. The second-order valence-electron chi connectivity index (χ2n) is 6.40. The monoisotopic (exact) mass is 320 g/mol. The molecule has 0 aromatic heterocycles. The number of esters is 1. The number of benzene rings is 1. The number of rotatable bonds is 2. The molecule has 0 aliphatic carbocycles. The average Bonchev–Trinajstić information content (AvgIpc) is 2.98. The largest absolute Gasteiger partial charge is 0.462 e. The summed E-state index contributed by atoms with van der Waals surface area (Å²) in [6.07, 6.45) is 6.23. The van der Waals surface area contributed by atoms with Crippen LogP contribution in [0.3, 0.4) is 0 Å². The van der Waals surface area contributed by atoms with E-state index in [9.17, 15) is 4.79 Å². The van der Waals surface area contributed by atoms with Gasteiger partial charge in [-0.05, 0) is 44.4 Å². The molecule has 0 N–H and O–H groups in total. The lowest BCUT2D eigenvalue weighted by Gasteiger charge is -2.36. The number of nitrogens with zero attached hydrogens (tertiary/aromatic N) is 2. The third-order valence-corrected chi connectivity index (χ3v) is 5.23. The zero-order valence-corrected chi connectivity index (χ0v) is 13.5. The lowest BCUT2D eigenvalue weighted by molar-refractivity contribution is -0.152.